The fourth-order valence-electron chi connectivity index (χ4n) is 3.37. The van der Waals surface area contributed by atoms with Crippen LogP contribution >= 0.6 is 0 Å². The first kappa shape index (κ1) is 18.2. The monoisotopic (exact) mass is 358 g/mol. The van der Waals surface area contributed by atoms with E-state index in [9.17, 15) is 9.59 Å². The molecule has 2 aromatic heterocycles. The molecule has 1 fully saturated rings. The summed E-state index contributed by atoms with van der Waals surface area (Å²) < 4.78 is 6.47. The zero-order valence-corrected chi connectivity index (χ0v) is 15.1. The van der Waals surface area contributed by atoms with E-state index >= 15 is 0 Å². The third-order valence-electron chi connectivity index (χ3n) is 4.93. The Morgan fingerprint density at radius 1 is 1.31 bits per heavy atom. The predicted molar refractivity (Wildman–Crippen MR) is 99.6 cm³/mol. The molecule has 1 saturated carbocycles. The minimum atomic E-state index is -0.745. The van der Waals surface area contributed by atoms with Crippen molar-refractivity contribution in [1.82, 2.24) is 15.1 Å². The molecule has 1 amide bonds. The van der Waals surface area contributed by atoms with Gasteiger partial charge in [0.2, 0.25) is 5.91 Å². The Balaban J connectivity index is 1.78. The number of carbonyl (C=O) groups is 1. The first-order valence-electron chi connectivity index (χ1n) is 9.30. The van der Waals surface area contributed by atoms with Gasteiger partial charge in [-0.1, -0.05) is 32.1 Å². The Hall–Kier alpha value is -2.57. The average Bonchev–Trinajstić information content (AvgIpc) is 3.13. The highest BCUT2D eigenvalue weighted by Crippen LogP contribution is 2.20. The maximum absolute atomic E-state index is 12.7. The van der Waals surface area contributed by atoms with E-state index in [4.69, 9.17) is 10.2 Å². The van der Waals surface area contributed by atoms with E-state index in [1.54, 1.807) is 19.1 Å². The van der Waals surface area contributed by atoms with Crippen LogP contribution < -0.4 is 16.6 Å². The third kappa shape index (κ3) is 4.15. The smallest absolute Gasteiger partial charge is 0.290 e. The number of nitrogens with one attached hydrogen (secondary N) is 1. The van der Waals surface area contributed by atoms with Gasteiger partial charge in [-0.2, -0.15) is 5.10 Å². The number of aromatic nitrogens is 2. The van der Waals surface area contributed by atoms with Gasteiger partial charge in [0, 0.05) is 6.04 Å². The first-order chi connectivity index (χ1) is 12.6. The van der Waals surface area contributed by atoms with Crippen molar-refractivity contribution in [3.63, 3.8) is 0 Å². The molecule has 2 aromatic rings. The van der Waals surface area contributed by atoms with Gasteiger partial charge in [0.25, 0.3) is 5.56 Å². The van der Waals surface area contributed by atoms with Crippen LogP contribution in [0.1, 0.15) is 57.9 Å². The van der Waals surface area contributed by atoms with E-state index in [0.29, 0.717) is 11.5 Å². The summed E-state index contributed by atoms with van der Waals surface area (Å²) in [5.41, 5.74) is 5.84. The second-order valence-electron chi connectivity index (χ2n) is 6.94. The van der Waals surface area contributed by atoms with Crippen LogP contribution in [0.2, 0.25) is 0 Å². The maximum Gasteiger partial charge on any atom is 0.290 e. The zero-order valence-electron chi connectivity index (χ0n) is 15.1. The zero-order chi connectivity index (χ0) is 18.5. The van der Waals surface area contributed by atoms with Crippen LogP contribution in [0.4, 0.5) is 5.69 Å². The number of furan rings is 1. The molecule has 3 rings (SSSR count). The van der Waals surface area contributed by atoms with Crippen molar-refractivity contribution in [1.29, 1.82) is 0 Å². The van der Waals surface area contributed by atoms with Gasteiger partial charge >= 0.3 is 0 Å². The molecule has 0 spiro atoms. The number of nitrogen functional groups attached to an aromatic ring is 1. The summed E-state index contributed by atoms with van der Waals surface area (Å²) >= 11 is 0. The minimum Gasteiger partial charge on any atom is -0.463 e. The SMILES string of the molecule is C[C@@H](C(=O)NC1CCCCCCC1)n1nc(-c2ccco2)cc(N)c1=O. The molecular weight excluding hydrogens is 332 g/mol. The molecule has 0 aromatic carbocycles. The average molecular weight is 358 g/mol. The number of hydrogen-bond acceptors (Lipinski definition) is 5. The molecule has 0 saturated heterocycles. The lowest BCUT2D eigenvalue weighted by Crippen LogP contribution is -2.42. The molecule has 0 unspecified atom stereocenters. The van der Waals surface area contributed by atoms with Crippen molar-refractivity contribution in [2.45, 2.75) is 64.0 Å². The molecule has 7 nitrogen and oxygen atoms in total. The molecule has 0 bridgehead atoms. The summed E-state index contributed by atoms with van der Waals surface area (Å²) in [6.07, 6.45) is 9.43. The quantitative estimate of drug-likeness (QED) is 0.875. The van der Waals surface area contributed by atoms with E-state index in [1.165, 1.54) is 31.6 Å². The number of nitrogens with two attached hydrogens (primary N) is 1. The highest BCUT2D eigenvalue weighted by molar-refractivity contribution is 5.80. The second-order valence-corrected chi connectivity index (χ2v) is 6.94. The number of rotatable bonds is 4. The van der Waals surface area contributed by atoms with Crippen molar-refractivity contribution in [3.05, 3.63) is 34.8 Å². The van der Waals surface area contributed by atoms with Crippen LogP contribution in [0.3, 0.4) is 0 Å². The summed E-state index contributed by atoms with van der Waals surface area (Å²) in [5.74, 6) is 0.291. The molecule has 7 heteroatoms. The van der Waals surface area contributed by atoms with Crippen LogP contribution in [0.25, 0.3) is 11.5 Å². The lowest BCUT2D eigenvalue weighted by molar-refractivity contribution is -0.125. The van der Waals surface area contributed by atoms with Crippen LogP contribution in [-0.4, -0.2) is 21.7 Å². The van der Waals surface area contributed by atoms with E-state index in [1.807, 2.05) is 0 Å². The normalized spacial score (nSPS) is 17.3. The second kappa shape index (κ2) is 8.21. The fraction of sp³-hybridized carbons (Fsp3) is 0.526. The summed E-state index contributed by atoms with van der Waals surface area (Å²) in [6, 6.07) is 4.34. The largest absolute Gasteiger partial charge is 0.463 e. The molecule has 0 radical (unpaired) electrons. The Morgan fingerprint density at radius 2 is 2.00 bits per heavy atom. The van der Waals surface area contributed by atoms with Gasteiger partial charge in [0.1, 0.15) is 17.4 Å². The summed E-state index contributed by atoms with van der Waals surface area (Å²) in [6.45, 7) is 1.66. The van der Waals surface area contributed by atoms with Crippen LogP contribution in [0.5, 0.6) is 0 Å². The molecule has 3 N–H and O–H groups in total. The lowest BCUT2D eigenvalue weighted by Gasteiger charge is -2.23. The highest BCUT2D eigenvalue weighted by Gasteiger charge is 2.23. The van der Waals surface area contributed by atoms with Gasteiger partial charge in [0.05, 0.1) is 6.26 Å². The first-order valence-corrected chi connectivity index (χ1v) is 9.30. The standard InChI is InChI=1S/C19H26N4O3/c1-13(18(24)21-14-8-5-3-2-4-6-9-14)23-19(25)15(20)12-16(22-23)17-10-7-11-26-17/h7,10-14H,2-6,8-9,20H2,1H3,(H,21,24)/t13-/m0/s1. The van der Waals surface area contributed by atoms with Crippen molar-refractivity contribution < 1.29 is 9.21 Å². The van der Waals surface area contributed by atoms with E-state index < -0.39 is 11.6 Å². The maximum atomic E-state index is 12.7. The topological polar surface area (TPSA) is 103 Å². The van der Waals surface area contributed by atoms with Crippen LogP contribution in [-0.2, 0) is 4.79 Å². The van der Waals surface area contributed by atoms with E-state index in [2.05, 4.69) is 10.4 Å². The number of hydrogen-bond donors (Lipinski definition) is 2. The highest BCUT2D eigenvalue weighted by atomic mass is 16.3. The molecule has 0 aliphatic heterocycles. The van der Waals surface area contributed by atoms with Crippen molar-refractivity contribution in [2.24, 2.45) is 0 Å². The fourth-order valence-corrected chi connectivity index (χ4v) is 3.37. The Labute approximate surface area is 152 Å². The predicted octanol–water partition coefficient (Wildman–Crippen LogP) is 2.88. The van der Waals surface area contributed by atoms with Crippen LogP contribution in [0.15, 0.2) is 33.7 Å². The number of carbonyl (C=O) groups excluding carboxylic acids is 1. The Bertz CT molecular complexity index is 790. The van der Waals surface area contributed by atoms with Crippen molar-refractivity contribution in [2.75, 3.05) is 5.73 Å². The number of nitrogens with zero attached hydrogens (tertiary/aromatic N) is 2. The lowest BCUT2D eigenvalue weighted by atomic mass is 9.96. The van der Waals surface area contributed by atoms with Crippen molar-refractivity contribution >= 4 is 11.6 Å². The van der Waals surface area contributed by atoms with Gasteiger partial charge in [-0.25, -0.2) is 4.68 Å². The molecule has 1 atom stereocenters. The third-order valence-corrected chi connectivity index (χ3v) is 4.93. The Morgan fingerprint density at radius 3 is 2.65 bits per heavy atom. The molecule has 140 valence electrons. The summed E-state index contributed by atoms with van der Waals surface area (Å²) in [4.78, 5) is 25.1. The summed E-state index contributed by atoms with van der Waals surface area (Å²) in [5, 5.41) is 7.38. The minimum absolute atomic E-state index is 0.0389. The van der Waals surface area contributed by atoms with Gasteiger partial charge in [-0.05, 0) is 38.0 Å². The van der Waals surface area contributed by atoms with Crippen molar-refractivity contribution in [3.8, 4) is 11.5 Å². The molecule has 2 heterocycles. The van der Waals surface area contributed by atoms with Gasteiger partial charge in [-0.3, -0.25) is 9.59 Å². The van der Waals surface area contributed by atoms with Gasteiger partial charge in [-0.15, -0.1) is 0 Å². The van der Waals surface area contributed by atoms with E-state index in [-0.39, 0.29) is 17.6 Å². The molecular formula is C19H26N4O3. The van der Waals surface area contributed by atoms with Crippen LogP contribution in [0, 0.1) is 0 Å². The van der Waals surface area contributed by atoms with Gasteiger partial charge < -0.3 is 15.5 Å². The molecule has 1 aliphatic rings. The number of anilines is 1. The summed E-state index contributed by atoms with van der Waals surface area (Å²) in [7, 11) is 0. The Kier molecular flexibility index (Phi) is 5.75. The number of amides is 1. The van der Waals surface area contributed by atoms with E-state index in [0.717, 1.165) is 30.4 Å². The van der Waals surface area contributed by atoms with Gasteiger partial charge in [0.15, 0.2) is 5.76 Å². The molecule has 26 heavy (non-hydrogen) atoms. The molecule has 1 aliphatic carbocycles.